The van der Waals surface area contributed by atoms with Gasteiger partial charge < -0.3 is 9.77 Å². The van der Waals surface area contributed by atoms with E-state index in [9.17, 15) is 0 Å². The normalized spacial score (nSPS) is 14.3. The van der Waals surface area contributed by atoms with Crippen molar-refractivity contribution in [2.24, 2.45) is 5.16 Å². The molecule has 0 fully saturated rings. The summed E-state index contributed by atoms with van der Waals surface area (Å²) in [6.45, 7) is 0.891. The van der Waals surface area contributed by atoms with Gasteiger partial charge in [-0.1, -0.05) is 40.7 Å². The number of hydrogen-bond donors (Lipinski definition) is 1. The number of thioether (sulfide) groups is 1. The maximum Gasteiger partial charge on any atom is 0.169 e. The molecule has 0 bridgehead atoms. The molecule has 92 valence electrons. The maximum atomic E-state index is 8.79. The van der Waals surface area contributed by atoms with Crippen molar-refractivity contribution in [1.82, 2.24) is 9.55 Å². The van der Waals surface area contributed by atoms with Gasteiger partial charge in [0.05, 0.1) is 17.6 Å². The summed E-state index contributed by atoms with van der Waals surface area (Å²) in [5.74, 6) is 1.01. The summed E-state index contributed by atoms with van der Waals surface area (Å²) in [6.07, 6.45) is 1.44. The largest absolute Gasteiger partial charge is 0.411 e. The van der Waals surface area contributed by atoms with Crippen molar-refractivity contribution in [3.8, 4) is 11.3 Å². The predicted molar refractivity (Wildman–Crippen MR) is 72.8 cm³/mol. The third-order valence-corrected chi connectivity index (χ3v) is 4.02. The summed E-state index contributed by atoms with van der Waals surface area (Å²) in [6, 6.07) is 7.49. The lowest BCUT2D eigenvalue weighted by Gasteiger charge is -2.02. The second-order valence-electron chi connectivity index (χ2n) is 3.88. The van der Waals surface area contributed by atoms with Gasteiger partial charge in [0.25, 0.3) is 0 Å². The lowest BCUT2D eigenvalue weighted by molar-refractivity contribution is 0.321. The van der Waals surface area contributed by atoms with Crippen molar-refractivity contribution >= 4 is 29.6 Å². The fourth-order valence-electron chi connectivity index (χ4n) is 2.00. The number of imidazole rings is 1. The molecule has 3 rings (SSSR count). The van der Waals surface area contributed by atoms with E-state index in [-0.39, 0.29) is 0 Å². The van der Waals surface area contributed by atoms with Gasteiger partial charge in [-0.05, 0) is 12.1 Å². The summed E-state index contributed by atoms with van der Waals surface area (Å²) in [5, 5.41) is 13.6. The molecule has 0 saturated heterocycles. The Kier molecular flexibility index (Phi) is 3.01. The first-order valence-electron chi connectivity index (χ1n) is 5.46. The first kappa shape index (κ1) is 11.6. The Morgan fingerprint density at radius 1 is 1.39 bits per heavy atom. The summed E-state index contributed by atoms with van der Waals surface area (Å²) in [5.41, 5.74) is 2.63. The molecule has 1 N–H and O–H groups in total. The predicted octanol–water partition coefficient (Wildman–Crippen LogP) is 3.12. The van der Waals surface area contributed by atoms with E-state index in [1.807, 2.05) is 24.3 Å². The Hall–Kier alpha value is -1.46. The Balaban J connectivity index is 2.14. The minimum absolute atomic E-state index is 0.692. The van der Waals surface area contributed by atoms with Gasteiger partial charge in [-0.3, -0.25) is 0 Å². The average molecular weight is 280 g/mol. The number of halogens is 1. The van der Waals surface area contributed by atoms with Crippen LogP contribution in [0.4, 0.5) is 0 Å². The van der Waals surface area contributed by atoms with Gasteiger partial charge in [0.15, 0.2) is 5.16 Å². The van der Waals surface area contributed by atoms with Gasteiger partial charge >= 0.3 is 0 Å². The third-order valence-electron chi connectivity index (χ3n) is 2.82. The molecule has 2 aromatic rings. The first-order valence-corrected chi connectivity index (χ1v) is 6.82. The number of hydrogen-bond acceptors (Lipinski definition) is 4. The second kappa shape index (κ2) is 4.66. The van der Waals surface area contributed by atoms with Crippen LogP contribution in [0.1, 0.15) is 5.69 Å². The molecule has 1 aliphatic heterocycles. The van der Waals surface area contributed by atoms with Crippen LogP contribution in [0, 0.1) is 0 Å². The number of rotatable bonds is 2. The summed E-state index contributed by atoms with van der Waals surface area (Å²) in [7, 11) is 0. The lowest BCUT2D eigenvalue weighted by atomic mass is 10.1. The van der Waals surface area contributed by atoms with Crippen LogP contribution in [0.2, 0.25) is 5.02 Å². The molecule has 1 aromatic heterocycles. The van der Waals surface area contributed by atoms with Crippen LogP contribution < -0.4 is 0 Å². The molecule has 1 aliphatic rings. The van der Waals surface area contributed by atoms with Gasteiger partial charge in [-0.15, -0.1) is 0 Å². The first-order chi connectivity index (χ1) is 8.79. The smallest absolute Gasteiger partial charge is 0.169 e. The van der Waals surface area contributed by atoms with Crippen LogP contribution in [-0.4, -0.2) is 26.7 Å². The zero-order chi connectivity index (χ0) is 12.5. The van der Waals surface area contributed by atoms with E-state index in [0.29, 0.717) is 5.02 Å². The van der Waals surface area contributed by atoms with Crippen LogP contribution >= 0.6 is 23.4 Å². The van der Waals surface area contributed by atoms with Crippen LogP contribution in [0.5, 0.6) is 0 Å². The molecule has 4 nitrogen and oxygen atoms in total. The number of oxime groups is 1. The van der Waals surface area contributed by atoms with Crippen molar-refractivity contribution in [2.45, 2.75) is 11.7 Å². The molecule has 0 amide bonds. The molecule has 0 radical (unpaired) electrons. The monoisotopic (exact) mass is 279 g/mol. The van der Waals surface area contributed by atoms with Crippen LogP contribution in [0.15, 0.2) is 34.6 Å². The van der Waals surface area contributed by atoms with Gasteiger partial charge in [0.2, 0.25) is 0 Å². The van der Waals surface area contributed by atoms with Crippen molar-refractivity contribution in [3.63, 3.8) is 0 Å². The SMILES string of the molecule is O/N=C\c1c(-c2ccc(Cl)cc2)nc2n1CCS2. The molecule has 0 aliphatic carbocycles. The minimum Gasteiger partial charge on any atom is -0.411 e. The van der Waals surface area contributed by atoms with E-state index in [0.717, 1.165) is 34.4 Å². The molecular formula is C12H10ClN3OS. The highest BCUT2D eigenvalue weighted by Gasteiger charge is 2.21. The molecule has 0 unspecified atom stereocenters. The third kappa shape index (κ3) is 1.89. The van der Waals surface area contributed by atoms with Crippen LogP contribution in [0.25, 0.3) is 11.3 Å². The molecule has 2 heterocycles. The molecule has 0 atom stereocenters. The maximum absolute atomic E-state index is 8.79. The van der Waals surface area contributed by atoms with E-state index in [1.165, 1.54) is 6.21 Å². The topological polar surface area (TPSA) is 50.4 Å². The van der Waals surface area contributed by atoms with Crippen LogP contribution in [0.3, 0.4) is 0 Å². The highest BCUT2D eigenvalue weighted by molar-refractivity contribution is 7.99. The average Bonchev–Trinajstić information content (AvgIpc) is 2.93. The lowest BCUT2D eigenvalue weighted by Crippen LogP contribution is -2.00. The number of aromatic nitrogens is 2. The van der Waals surface area contributed by atoms with Gasteiger partial charge in [-0.2, -0.15) is 0 Å². The number of fused-ring (bicyclic) bond motifs is 1. The summed E-state index contributed by atoms with van der Waals surface area (Å²) >= 11 is 7.59. The van der Waals surface area contributed by atoms with Crippen molar-refractivity contribution in [3.05, 3.63) is 35.0 Å². The van der Waals surface area contributed by atoms with Crippen molar-refractivity contribution < 1.29 is 5.21 Å². The van der Waals surface area contributed by atoms with Crippen LogP contribution in [-0.2, 0) is 6.54 Å². The van der Waals surface area contributed by atoms with Crippen molar-refractivity contribution in [1.29, 1.82) is 0 Å². The molecule has 0 spiro atoms. The quantitative estimate of drug-likeness (QED) is 0.522. The zero-order valence-corrected chi connectivity index (χ0v) is 10.9. The molecule has 1 aromatic carbocycles. The number of nitrogens with zero attached hydrogens (tertiary/aromatic N) is 3. The highest BCUT2D eigenvalue weighted by Crippen LogP contribution is 2.32. The second-order valence-corrected chi connectivity index (χ2v) is 5.38. The van der Waals surface area contributed by atoms with Gasteiger partial charge in [0, 0.05) is 22.9 Å². The minimum atomic E-state index is 0.692. The number of benzene rings is 1. The highest BCUT2D eigenvalue weighted by atomic mass is 35.5. The molecule has 18 heavy (non-hydrogen) atoms. The molecular weight excluding hydrogens is 270 g/mol. The Morgan fingerprint density at radius 3 is 2.89 bits per heavy atom. The fourth-order valence-corrected chi connectivity index (χ4v) is 3.09. The molecule has 0 saturated carbocycles. The van der Waals surface area contributed by atoms with E-state index < -0.39 is 0 Å². The Morgan fingerprint density at radius 2 is 2.17 bits per heavy atom. The van der Waals surface area contributed by atoms with E-state index in [4.69, 9.17) is 16.8 Å². The van der Waals surface area contributed by atoms with Gasteiger partial charge in [0.1, 0.15) is 0 Å². The van der Waals surface area contributed by atoms with E-state index >= 15 is 0 Å². The molecule has 6 heteroatoms. The summed E-state index contributed by atoms with van der Waals surface area (Å²) < 4.78 is 2.06. The Bertz CT molecular complexity index is 607. The fraction of sp³-hybridized carbons (Fsp3) is 0.167. The zero-order valence-electron chi connectivity index (χ0n) is 9.38. The Labute approximate surface area is 113 Å². The van der Waals surface area contributed by atoms with Gasteiger partial charge in [-0.25, -0.2) is 4.98 Å². The van der Waals surface area contributed by atoms with E-state index in [2.05, 4.69) is 14.7 Å². The van der Waals surface area contributed by atoms with E-state index in [1.54, 1.807) is 11.8 Å². The van der Waals surface area contributed by atoms with Crippen molar-refractivity contribution in [2.75, 3.05) is 5.75 Å². The summed E-state index contributed by atoms with van der Waals surface area (Å²) in [4.78, 5) is 4.59. The standard InChI is InChI=1S/C12H10ClN3OS/c13-9-3-1-8(2-4-9)11-10(7-14-17)16-5-6-18-12(16)15-11/h1-4,7,17H,5-6H2/b14-7-.